The van der Waals surface area contributed by atoms with Crippen molar-refractivity contribution < 1.29 is 0 Å². The molecule has 1 aromatic heterocycles. The molecule has 0 atom stereocenters. The minimum atomic E-state index is 0.344. The monoisotopic (exact) mass is 253 g/mol. The smallest absolute Gasteiger partial charge is 0.188 e. The number of nitrogens with two attached hydrogens (primary N) is 1. The second kappa shape index (κ2) is 6.24. The zero-order chi connectivity index (χ0) is 13.0. The highest BCUT2D eigenvalue weighted by atomic mass is 32.2. The van der Waals surface area contributed by atoms with Gasteiger partial charge in [-0.15, -0.1) is 0 Å². The van der Waals surface area contributed by atoms with Gasteiger partial charge in [0.15, 0.2) is 5.16 Å². The first kappa shape index (κ1) is 14.3. The van der Waals surface area contributed by atoms with Gasteiger partial charge in [-0.3, -0.25) is 0 Å². The van der Waals surface area contributed by atoms with E-state index < -0.39 is 0 Å². The Morgan fingerprint density at radius 2 is 1.53 bits per heavy atom. The van der Waals surface area contributed by atoms with Gasteiger partial charge in [0.05, 0.1) is 17.1 Å². The number of hydrogen-bond donors (Lipinski definition) is 1. The Kier molecular flexibility index (Phi) is 5.25. The van der Waals surface area contributed by atoms with E-state index in [-0.39, 0.29) is 0 Å². The summed E-state index contributed by atoms with van der Waals surface area (Å²) in [6, 6.07) is 0. The van der Waals surface area contributed by atoms with Crippen molar-refractivity contribution in [1.29, 1.82) is 0 Å². The fourth-order valence-corrected chi connectivity index (χ4v) is 2.33. The van der Waals surface area contributed by atoms with Crippen LogP contribution in [0.1, 0.15) is 64.3 Å². The molecule has 0 aliphatic heterocycles. The first-order valence-corrected chi connectivity index (χ1v) is 7.26. The average molecular weight is 253 g/mol. The van der Waals surface area contributed by atoms with Crippen molar-refractivity contribution in [3.05, 3.63) is 11.4 Å². The number of rotatable bonds is 5. The molecule has 0 fully saturated rings. The molecule has 0 aliphatic rings. The van der Waals surface area contributed by atoms with Crippen LogP contribution in [0.2, 0.25) is 0 Å². The van der Waals surface area contributed by atoms with Gasteiger partial charge in [0.1, 0.15) is 0 Å². The van der Waals surface area contributed by atoms with E-state index in [9.17, 15) is 0 Å². The minimum Gasteiger partial charge on any atom is -0.396 e. The van der Waals surface area contributed by atoms with Gasteiger partial charge in [-0.2, -0.15) is 0 Å². The summed E-state index contributed by atoms with van der Waals surface area (Å²) in [4.78, 5) is 9.16. The van der Waals surface area contributed by atoms with Crippen molar-refractivity contribution in [2.24, 2.45) is 0 Å². The lowest BCUT2D eigenvalue weighted by Gasteiger charge is -2.16. The zero-order valence-corrected chi connectivity index (χ0v) is 12.3. The maximum Gasteiger partial charge on any atom is 0.188 e. The molecule has 3 nitrogen and oxygen atoms in total. The SMILES string of the molecule is CCCSc1nc(C(C)C)c(N)c(C(C)C)n1. The Labute approximate surface area is 109 Å². The van der Waals surface area contributed by atoms with Crippen LogP contribution in [0.25, 0.3) is 0 Å². The lowest BCUT2D eigenvalue weighted by atomic mass is 10.0. The van der Waals surface area contributed by atoms with Crippen LogP contribution < -0.4 is 5.73 Å². The first-order valence-electron chi connectivity index (χ1n) is 6.27. The van der Waals surface area contributed by atoms with Crippen LogP contribution >= 0.6 is 11.8 Å². The highest BCUT2D eigenvalue weighted by molar-refractivity contribution is 7.99. The van der Waals surface area contributed by atoms with Crippen molar-refractivity contribution in [3.63, 3.8) is 0 Å². The molecule has 96 valence electrons. The van der Waals surface area contributed by atoms with Crippen LogP contribution in [0.3, 0.4) is 0 Å². The summed E-state index contributed by atoms with van der Waals surface area (Å²) in [5, 5.41) is 0.869. The largest absolute Gasteiger partial charge is 0.396 e. The molecule has 1 heterocycles. The van der Waals surface area contributed by atoms with Gasteiger partial charge in [-0.05, 0) is 18.3 Å². The van der Waals surface area contributed by atoms with Crippen LogP contribution in [0, 0.1) is 0 Å². The third kappa shape index (κ3) is 3.60. The lowest BCUT2D eigenvalue weighted by molar-refractivity contribution is 0.732. The van der Waals surface area contributed by atoms with Crippen molar-refractivity contribution in [3.8, 4) is 0 Å². The molecule has 0 unspecified atom stereocenters. The maximum atomic E-state index is 6.15. The zero-order valence-electron chi connectivity index (χ0n) is 11.4. The quantitative estimate of drug-likeness (QED) is 0.640. The van der Waals surface area contributed by atoms with E-state index in [0.29, 0.717) is 11.8 Å². The van der Waals surface area contributed by atoms with Crippen molar-refractivity contribution in [2.45, 2.75) is 58.0 Å². The highest BCUT2D eigenvalue weighted by Gasteiger charge is 2.16. The second-order valence-electron chi connectivity index (χ2n) is 4.85. The third-order valence-electron chi connectivity index (χ3n) is 2.51. The minimum absolute atomic E-state index is 0.344. The fraction of sp³-hybridized carbons (Fsp3) is 0.692. The molecule has 0 aromatic carbocycles. The summed E-state index contributed by atoms with van der Waals surface area (Å²) in [5.41, 5.74) is 8.90. The van der Waals surface area contributed by atoms with Crippen LogP contribution in [0.5, 0.6) is 0 Å². The standard InChI is InChI=1S/C13H23N3S/c1-6-7-17-13-15-11(8(2)3)10(14)12(16-13)9(4)5/h8-9H,6-7,14H2,1-5H3. The highest BCUT2D eigenvalue weighted by Crippen LogP contribution is 2.29. The topological polar surface area (TPSA) is 51.8 Å². The van der Waals surface area contributed by atoms with E-state index in [0.717, 1.165) is 34.4 Å². The Hall–Kier alpha value is -0.770. The molecule has 17 heavy (non-hydrogen) atoms. The summed E-state index contributed by atoms with van der Waals surface area (Å²) in [6.07, 6.45) is 1.13. The van der Waals surface area contributed by atoms with Gasteiger partial charge in [-0.1, -0.05) is 46.4 Å². The molecule has 0 amide bonds. The van der Waals surface area contributed by atoms with E-state index in [1.165, 1.54) is 0 Å². The van der Waals surface area contributed by atoms with Crippen molar-refractivity contribution >= 4 is 17.4 Å². The van der Waals surface area contributed by atoms with Crippen LogP contribution in [0.4, 0.5) is 5.69 Å². The Balaban J connectivity index is 3.17. The first-order chi connectivity index (χ1) is 7.97. The summed E-state index contributed by atoms with van der Waals surface area (Å²) < 4.78 is 0. The normalized spacial score (nSPS) is 11.5. The van der Waals surface area contributed by atoms with Crippen molar-refractivity contribution in [1.82, 2.24) is 9.97 Å². The van der Waals surface area contributed by atoms with Gasteiger partial charge in [0, 0.05) is 5.75 Å². The molecule has 0 saturated heterocycles. The average Bonchev–Trinajstić information content (AvgIpc) is 2.26. The van der Waals surface area contributed by atoms with Crippen LogP contribution in [-0.2, 0) is 0 Å². The molecule has 1 aromatic rings. The second-order valence-corrected chi connectivity index (χ2v) is 5.91. The van der Waals surface area contributed by atoms with Crippen LogP contribution in [0.15, 0.2) is 5.16 Å². The number of nitrogen functional groups attached to an aromatic ring is 1. The summed E-state index contributed by atoms with van der Waals surface area (Å²) in [6.45, 7) is 10.7. The van der Waals surface area contributed by atoms with E-state index in [1.807, 2.05) is 0 Å². The van der Waals surface area contributed by atoms with Gasteiger partial charge in [-0.25, -0.2) is 9.97 Å². The summed E-state index contributed by atoms with van der Waals surface area (Å²) in [5.74, 6) is 1.74. The fourth-order valence-electron chi connectivity index (χ4n) is 1.62. The summed E-state index contributed by atoms with van der Waals surface area (Å²) >= 11 is 1.71. The molecular weight excluding hydrogens is 230 g/mol. The molecule has 0 spiro atoms. The molecule has 0 saturated carbocycles. The van der Waals surface area contributed by atoms with Gasteiger partial charge in [0.2, 0.25) is 0 Å². The molecule has 0 aliphatic carbocycles. The van der Waals surface area contributed by atoms with E-state index >= 15 is 0 Å². The number of thioether (sulfide) groups is 1. The number of hydrogen-bond acceptors (Lipinski definition) is 4. The summed E-state index contributed by atoms with van der Waals surface area (Å²) in [7, 11) is 0. The predicted octanol–water partition coefficient (Wildman–Crippen LogP) is 3.81. The van der Waals surface area contributed by atoms with Gasteiger partial charge < -0.3 is 5.73 Å². The molecule has 1 rings (SSSR count). The van der Waals surface area contributed by atoms with Gasteiger partial charge in [0.25, 0.3) is 0 Å². The lowest BCUT2D eigenvalue weighted by Crippen LogP contribution is -2.09. The van der Waals surface area contributed by atoms with E-state index in [2.05, 4.69) is 44.6 Å². The molecule has 0 radical (unpaired) electrons. The molecule has 0 bridgehead atoms. The Morgan fingerprint density at radius 3 is 1.88 bits per heavy atom. The maximum absolute atomic E-state index is 6.15. The number of nitrogens with zero attached hydrogens (tertiary/aromatic N) is 2. The van der Waals surface area contributed by atoms with Gasteiger partial charge >= 0.3 is 0 Å². The Morgan fingerprint density at radius 1 is 1.06 bits per heavy atom. The molecule has 4 heteroatoms. The Bertz CT molecular complexity index is 346. The van der Waals surface area contributed by atoms with Crippen molar-refractivity contribution in [2.75, 3.05) is 11.5 Å². The number of anilines is 1. The van der Waals surface area contributed by atoms with E-state index in [1.54, 1.807) is 11.8 Å². The third-order valence-corrected chi connectivity index (χ3v) is 3.57. The number of aromatic nitrogens is 2. The predicted molar refractivity (Wildman–Crippen MR) is 75.6 cm³/mol. The van der Waals surface area contributed by atoms with Crippen LogP contribution in [-0.4, -0.2) is 15.7 Å². The van der Waals surface area contributed by atoms with E-state index in [4.69, 9.17) is 5.73 Å². The molecular formula is C13H23N3S. The molecule has 2 N–H and O–H groups in total.